The summed E-state index contributed by atoms with van der Waals surface area (Å²) in [7, 11) is 0. The molecule has 0 N–H and O–H groups in total. The first kappa shape index (κ1) is 15.9. The minimum Gasteiger partial charge on any atom is -0.465 e. The third-order valence-electron chi connectivity index (χ3n) is 3.93. The molecule has 2 aromatic carbocycles. The van der Waals surface area contributed by atoms with Crippen LogP contribution in [0.5, 0.6) is 11.5 Å². The third-order valence-corrected chi connectivity index (χ3v) is 3.93. The van der Waals surface area contributed by atoms with E-state index in [1.807, 2.05) is 42.5 Å². The van der Waals surface area contributed by atoms with Crippen molar-refractivity contribution in [3.8, 4) is 17.6 Å². The van der Waals surface area contributed by atoms with Crippen molar-refractivity contribution < 1.29 is 19.0 Å². The highest BCUT2D eigenvalue weighted by molar-refractivity contribution is 5.77. The lowest BCUT2D eigenvalue weighted by Crippen LogP contribution is -2.24. The largest absolute Gasteiger partial charge is 0.465 e. The van der Waals surface area contributed by atoms with E-state index in [2.05, 4.69) is 6.07 Å². The highest BCUT2D eigenvalue weighted by Gasteiger charge is 2.33. The molecule has 24 heavy (non-hydrogen) atoms. The molecule has 1 aliphatic rings. The van der Waals surface area contributed by atoms with Crippen molar-refractivity contribution >= 4 is 5.97 Å². The quantitative estimate of drug-likeness (QED) is 0.790. The summed E-state index contributed by atoms with van der Waals surface area (Å²) >= 11 is 0. The summed E-state index contributed by atoms with van der Waals surface area (Å²) < 4.78 is 15.9. The average molecular weight is 323 g/mol. The molecule has 0 amide bonds. The Morgan fingerprint density at radius 2 is 1.92 bits per heavy atom. The number of rotatable bonds is 5. The van der Waals surface area contributed by atoms with E-state index in [0.29, 0.717) is 11.5 Å². The van der Waals surface area contributed by atoms with Crippen molar-refractivity contribution in [2.45, 2.75) is 12.8 Å². The molecule has 5 heteroatoms. The van der Waals surface area contributed by atoms with Gasteiger partial charge in [-0.15, -0.1) is 0 Å². The van der Waals surface area contributed by atoms with Gasteiger partial charge in [-0.25, -0.2) is 0 Å². The van der Waals surface area contributed by atoms with Gasteiger partial charge in [0, 0.05) is 5.92 Å². The van der Waals surface area contributed by atoms with Crippen LogP contribution in [0.2, 0.25) is 0 Å². The molecule has 0 bridgehead atoms. The van der Waals surface area contributed by atoms with Crippen molar-refractivity contribution in [2.24, 2.45) is 5.92 Å². The van der Waals surface area contributed by atoms with Crippen molar-refractivity contribution in [2.75, 3.05) is 13.4 Å². The van der Waals surface area contributed by atoms with Gasteiger partial charge in [-0.1, -0.05) is 36.4 Å². The predicted octanol–water partition coefficient (Wildman–Crippen LogP) is 3.25. The summed E-state index contributed by atoms with van der Waals surface area (Å²) in [5.41, 5.74) is 1.68. The zero-order chi connectivity index (χ0) is 16.9. The maximum Gasteiger partial charge on any atom is 0.324 e. The maximum absolute atomic E-state index is 12.3. The number of nitrogens with zero attached hydrogens (tertiary/aromatic N) is 1. The molecular formula is C19H17NO4. The Morgan fingerprint density at radius 1 is 1.17 bits per heavy atom. The van der Waals surface area contributed by atoms with Crippen molar-refractivity contribution in [1.29, 1.82) is 5.26 Å². The first-order valence-electron chi connectivity index (χ1n) is 7.75. The Balaban J connectivity index is 2.05. The van der Waals surface area contributed by atoms with Gasteiger partial charge in [0.15, 0.2) is 17.4 Å². The van der Waals surface area contributed by atoms with Crippen LogP contribution in [0.4, 0.5) is 0 Å². The van der Waals surface area contributed by atoms with Crippen LogP contribution >= 0.6 is 0 Å². The Morgan fingerprint density at radius 3 is 2.62 bits per heavy atom. The molecule has 2 aromatic rings. The number of ether oxygens (including phenoxy) is 3. The van der Waals surface area contributed by atoms with E-state index in [0.717, 1.165) is 11.1 Å². The normalized spacial score (nSPS) is 14.5. The molecule has 3 rings (SSSR count). The number of hydrogen-bond acceptors (Lipinski definition) is 5. The first-order valence-corrected chi connectivity index (χ1v) is 7.75. The highest BCUT2D eigenvalue weighted by atomic mass is 16.7. The van der Waals surface area contributed by atoms with Crippen LogP contribution in [0.1, 0.15) is 24.0 Å². The molecule has 0 saturated carbocycles. The van der Waals surface area contributed by atoms with E-state index in [-0.39, 0.29) is 13.4 Å². The molecule has 0 unspecified atom stereocenters. The fraction of sp³-hybridized carbons (Fsp3) is 0.263. The van der Waals surface area contributed by atoms with Gasteiger partial charge in [-0.3, -0.25) is 4.79 Å². The molecule has 122 valence electrons. The summed E-state index contributed by atoms with van der Waals surface area (Å²) in [6.45, 7) is 2.14. The molecule has 0 radical (unpaired) electrons. The number of benzene rings is 2. The molecule has 1 heterocycles. The molecule has 5 nitrogen and oxygen atoms in total. The zero-order valence-electron chi connectivity index (χ0n) is 13.3. The number of carbonyl (C=O) groups is 1. The van der Waals surface area contributed by atoms with E-state index in [1.165, 1.54) is 0 Å². The van der Waals surface area contributed by atoms with Gasteiger partial charge >= 0.3 is 5.97 Å². The average Bonchev–Trinajstić information content (AvgIpc) is 3.08. The Kier molecular flexibility index (Phi) is 4.66. The van der Waals surface area contributed by atoms with Crippen molar-refractivity contribution in [3.63, 3.8) is 0 Å². The van der Waals surface area contributed by atoms with E-state index in [1.54, 1.807) is 13.0 Å². The minimum absolute atomic E-state index is 0.175. The summed E-state index contributed by atoms with van der Waals surface area (Å²) in [6, 6.07) is 17.0. The number of nitriles is 1. The zero-order valence-corrected chi connectivity index (χ0v) is 13.3. The molecule has 1 aliphatic heterocycles. The van der Waals surface area contributed by atoms with Gasteiger partial charge < -0.3 is 14.2 Å². The molecule has 0 spiro atoms. The summed E-state index contributed by atoms with van der Waals surface area (Å²) in [6.07, 6.45) is 0. The number of hydrogen-bond donors (Lipinski definition) is 0. The Bertz CT molecular complexity index is 767. The van der Waals surface area contributed by atoms with Gasteiger partial charge in [0.2, 0.25) is 6.79 Å². The Hall–Kier alpha value is -3.00. The van der Waals surface area contributed by atoms with Crippen LogP contribution in [0, 0.1) is 17.2 Å². The van der Waals surface area contributed by atoms with Gasteiger partial charge in [-0.2, -0.15) is 5.26 Å². The molecular weight excluding hydrogens is 306 g/mol. The Labute approximate surface area is 140 Å². The number of esters is 1. The van der Waals surface area contributed by atoms with E-state index in [9.17, 15) is 10.1 Å². The third kappa shape index (κ3) is 3.04. The molecule has 0 fully saturated rings. The van der Waals surface area contributed by atoms with Gasteiger partial charge in [0.25, 0.3) is 0 Å². The summed E-state index contributed by atoms with van der Waals surface area (Å²) in [5.74, 6) is -0.617. The fourth-order valence-electron chi connectivity index (χ4n) is 2.84. The van der Waals surface area contributed by atoms with Crippen molar-refractivity contribution in [3.05, 3.63) is 59.7 Å². The second kappa shape index (κ2) is 7.05. The number of carbonyl (C=O) groups excluding carboxylic acids is 1. The topological polar surface area (TPSA) is 68.6 Å². The summed E-state index contributed by atoms with van der Waals surface area (Å²) in [4.78, 5) is 12.3. The van der Waals surface area contributed by atoms with Gasteiger partial charge in [0.1, 0.15) is 0 Å². The smallest absolute Gasteiger partial charge is 0.324 e. The van der Waals surface area contributed by atoms with Crippen molar-refractivity contribution in [1.82, 2.24) is 0 Å². The standard InChI is InChI=1S/C19H17NO4/c1-2-22-19(21)15(11-20)18(13-6-4-3-5-7-13)14-8-9-16-17(10-14)24-12-23-16/h3-10,15,18H,2,12H2,1H3/t15-,18+/m0/s1. The lowest BCUT2D eigenvalue weighted by atomic mass is 9.81. The van der Waals surface area contributed by atoms with Crippen LogP contribution in [-0.2, 0) is 9.53 Å². The molecule has 0 aromatic heterocycles. The van der Waals surface area contributed by atoms with E-state index < -0.39 is 17.8 Å². The second-order valence-electron chi connectivity index (χ2n) is 5.36. The first-order chi connectivity index (χ1) is 11.7. The fourth-order valence-corrected chi connectivity index (χ4v) is 2.84. The molecule has 2 atom stereocenters. The van der Waals surface area contributed by atoms with E-state index >= 15 is 0 Å². The van der Waals surface area contributed by atoms with Crippen LogP contribution in [0.25, 0.3) is 0 Å². The monoisotopic (exact) mass is 323 g/mol. The van der Waals surface area contributed by atoms with E-state index in [4.69, 9.17) is 14.2 Å². The van der Waals surface area contributed by atoms with Crippen LogP contribution in [-0.4, -0.2) is 19.4 Å². The lowest BCUT2D eigenvalue weighted by Gasteiger charge is -2.22. The maximum atomic E-state index is 12.3. The van der Waals surface area contributed by atoms with Gasteiger partial charge in [0.05, 0.1) is 12.7 Å². The highest BCUT2D eigenvalue weighted by Crippen LogP contribution is 2.39. The van der Waals surface area contributed by atoms with Crippen LogP contribution in [0.15, 0.2) is 48.5 Å². The molecule has 0 aliphatic carbocycles. The summed E-state index contributed by atoms with van der Waals surface area (Å²) in [5, 5.41) is 9.60. The lowest BCUT2D eigenvalue weighted by molar-refractivity contribution is -0.146. The van der Waals surface area contributed by atoms with Crippen LogP contribution < -0.4 is 9.47 Å². The van der Waals surface area contributed by atoms with Gasteiger partial charge in [-0.05, 0) is 30.2 Å². The van der Waals surface area contributed by atoms with Crippen LogP contribution in [0.3, 0.4) is 0 Å². The SMILES string of the molecule is CCOC(=O)[C@@H](C#N)[C@H](c1ccccc1)c1ccc2c(c1)OCO2. The number of fused-ring (bicyclic) bond motifs is 1. The second-order valence-corrected chi connectivity index (χ2v) is 5.36. The minimum atomic E-state index is -0.937. The predicted molar refractivity (Wildman–Crippen MR) is 86.6 cm³/mol. The molecule has 0 saturated heterocycles.